The molecule has 0 radical (unpaired) electrons. The smallest absolute Gasteiger partial charge is 0.294 e. The van der Waals surface area contributed by atoms with Gasteiger partial charge in [0.25, 0.3) is 5.91 Å². The largest absolute Gasteiger partial charge is 0.459 e. The molecular formula is C30H30FN3O3. The quantitative estimate of drug-likeness (QED) is 0.330. The summed E-state index contributed by atoms with van der Waals surface area (Å²) in [5.41, 5.74) is 2.87. The van der Waals surface area contributed by atoms with Crippen LogP contribution in [0.25, 0.3) is 0 Å². The van der Waals surface area contributed by atoms with Gasteiger partial charge >= 0.3 is 0 Å². The van der Waals surface area contributed by atoms with Gasteiger partial charge in [0.15, 0.2) is 5.76 Å². The summed E-state index contributed by atoms with van der Waals surface area (Å²) >= 11 is 0. The summed E-state index contributed by atoms with van der Waals surface area (Å²) in [5.74, 6) is -1.06. The Balaban J connectivity index is 1.69. The van der Waals surface area contributed by atoms with Crippen LogP contribution in [0, 0.1) is 5.82 Å². The number of aromatic nitrogens is 1. The van der Waals surface area contributed by atoms with Crippen LogP contribution in [0.4, 0.5) is 10.1 Å². The molecule has 2 aromatic carbocycles. The number of rotatable bonds is 8. The molecule has 0 bridgehead atoms. The van der Waals surface area contributed by atoms with Crippen molar-refractivity contribution in [2.75, 3.05) is 11.4 Å². The van der Waals surface area contributed by atoms with Crippen LogP contribution in [0.1, 0.15) is 54.1 Å². The first-order valence-corrected chi connectivity index (χ1v) is 12.1. The summed E-state index contributed by atoms with van der Waals surface area (Å²) in [4.78, 5) is 33.0. The lowest BCUT2D eigenvalue weighted by atomic mass is 9.87. The molecule has 0 fully saturated rings. The minimum absolute atomic E-state index is 0.0780. The highest BCUT2D eigenvalue weighted by Gasteiger charge is 2.34. The molecule has 6 nitrogen and oxygen atoms in total. The van der Waals surface area contributed by atoms with E-state index in [1.165, 1.54) is 23.3 Å². The Hall–Kier alpha value is -4.26. The van der Waals surface area contributed by atoms with Crippen molar-refractivity contribution in [2.24, 2.45) is 0 Å². The first-order chi connectivity index (χ1) is 17.7. The van der Waals surface area contributed by atoms with Gasteiger partial charge in [-0.05, 0) is 65.4 Å². The number of amides is 2. The summed E-state index contributed by atoms with van der Waals surface area (Å²) in [6, 6.07) is 19.5. The molecule has 0 aliphatic rings. The van der Waals surface area contributed by atoms with Crippen LogP contribution in [0.2, 0.25) is 0 Å². The Bertz CT molecular complexity index is 1330. The van der Waals surface area contributed by atoms with Crippen molar-refractivity contribution in [2.45, 2.75) is 38.6 Å². The third kappa shape index (κ3) is 6.30. The van der Waals surface area contributed by atoms with Crippen molar-refractivity contribution in [3.8, 4) is 0 Å². The monoisotopic (exact) mass is 499 g/mol. The van der Waals surface area contributed by atoms with Crippen molar-refractivity contribution in [3.63, 3.8) is 0 Å². The highest BCUT2D eigenvalue weighted by atomic mass is 19.1. The third-order valence-corrected chi connectivity index (χ3v) is 6.07. The zero-order valence-corrected chi connectivity index (χ0v) is 21.1. The van der Waals surface area contributed by atoms with E-state index in [2.05, 4.69) is 31.1 Å². The molecule has 0 saturated carbocycles. The molecule has 4 aromatic rings. The Labute approximate surface area is 216 Å². The molecule has 190 valence electrons. The number of furan rings is 1. The van der Waals surface area contributed by atoms with Gasteiger partial charge in [-0.2, -0.15) is 0 Å². The normalized spacial score (nSPS) is 12.1. The molecule has 1 atom stereocenters. The number of hydrogen-bond donors (Lipinski definition) is 1. The lowest BCUT2D eigenvalue weighted by molar-refractivity contribution is -0.122. The Morgan fingerprint density at radius 2 is 1.81 bits per heavy atom. The maximum Gasteiger partial charge on any atom is 0.294 e. The lowest BCUT2D eigenvalue weighted by Gasteiger charge is -2.31. The molecule has 2 amide bonds. The van der Waals surface area contributed by atoms with Crippen molar-refractivity contribution in [1.29, 1.82) is 0 Å². The molecular weight excluding hydrogens is 469 g/mol. The van der Waals surface area contributed by atoms with Gasteiger partial charge in [-0.1, -0.05) is 51.1 Å². The van der Waals surface area contributed by atoms with Crippen molar-refractivity contribution < 1.29 is 18.4 Å². The molecule has 37 heavy (non-hydrogen) atoms. The van der Waals surface area contributed by atoms with Gasteiger partial charge in [-0.15, -0.1) is 0 Å². The molecule has 0 aliphatic heterocycles. The fourth-order valence-corrected chi connectivity index (χ4v) is 4.10. The van der Waals surface area contributed by atoms with Crippen molar-refractivity contribution in [1.82, 2.24) is 10.3 Å². The summed E-state index contributed by atoms with van der Waals surface area (Å²) < 4.78 is 19.0. The predicted molar refractivity (Wildman–Crippen MR) is 141 cm³/mol. The highest BCUT2D eigenvalue weighted by molar-refractivity contribution is 6.08. The van der Waals surface area contributed by atoms with E-state index in [4.69, 9.17) is 4.42 Å². The van der Waals surface area contributed by atoms with Crippen LogP contribution in [-0.4, -0.2) is 23.3 Å². The molecule has 2 aromatic heterocycles. The van der Waals surface area contributed by atoms with Gasteiger partial charge in [-0.25, -0.2) is 4.39 Å². The van der Waals surface area contributed by atoms with Gasteiger partial charge in [-0.3, -0.25) is 19.5 Å². The zero-order valence-electron chi connectivity index (χ0n) is 21.1. The van der Waals surface area contributed by atoms with Gasteiger partial charge in [0, 0.05) is 30.2 Å². The number of nitrogens with one attached hydrogen (secondary N) is 1. The van der Waals surface area contributed by atoms with E-state index >= 15 is 0 Å². The zero-order chi connectivity index (χ0) is 26.4. The SMILES string of the molecule is CC(C)(C)c1ccc(N(C(=O)c2ccco2)[C@@H](C(=O)NCCc2cccc(F)c2)c2cccnc2)cc1. The van der Waals surface area contributed by atoms with E-state index < -0.39 is 11.9 Å². The molecule has 7 heteroatoms. The maximum atomic E-state index is 13.7. The number of anilines is 1. The minimum atomic E-state index is -1.01. The van der Waals surface area contributed by atoms with Gasteiger partial charge in [0.1, 0.15) is 11.9 Å². The summed E-state index contributed by atoms with van der Waals surface area (Å²) in [5, 5.41) is 2.92. The maximum absolute atomic E-state index is 13.7. The van der Waals surface area contributed by atoms with Crippen molar-refractivity contribution >= 4 is 17.5 Å². The first-order valence-electron chi connectivity index (χ1n) is 12.1. The van der Waals surface area contributed by atoms with Crippen LogP contribution < -0.4 is 10.2 Å². The second-order valence-electron chi connectivity index (χ2n) is 9.81. The second-order valence-corrected chi connectivity index (χ2v) is 9.81. The Morgan fingerprint density at radius 3 is 2.43 bits per heavy atom. The van der Waals surface area contributed by atoms with Crippen molar-refractivity contribution in [3.05, 3.63) is 120 Å². The minimum Gasteiger partial charge on any atom is -0.459 e. The standard InChI is InChI=1S/C30H30FN3O3/c1-30(2,3)23-11-13-25(14-12-23)34(29(36)26-10-6-18-37-26)27(22-8-5-16-32-20-22)28(35)33-17-15-21-7-4-9-24(31)19-21/h4-14,16,18-20,27H,15,17H2,1-3H3,(H,33,35)/t27-/m1/s1. The van der Waals surface area contributed by atoms with E-state index in [0.29, 0.717) is 17.7 Å². The van der Waals surface area contributed by atoms with E-state index in [-0.39, 0.29) is 29.4 Å². The van der Waals surface area contributed by atoms with Crippen LogP contribution in [0.3, 0.4) is 0 Å². The molecule has 0 saturated heterocycles. The summed E-state index contributed by atoms with van der Waals surface area (Å²) in [6.45, 7) is 6.60. The molecule has 2 heterocycles. The number of hydrogen-bond acceptors (Lipinski definition) is 4. The fraction of sp³-hybridized carbons (Fsp3) is 0.233. The number of nitrogens with zero attached hydrogens (tertiary/aromatic N) is 2. The lowest BCUT2D eigenvalue weighted by Crippen LogP contribution is -2.44. The predicted octanol–water partition coefficient (Wildman–Crippen LogP) is 5.86. The fourth-order valence-electron chi connectivity index (χ4n) is 4.10. The number of benzene rings is 2. The van der Waals surface area contributed by atoms with Crippen LogP contribution >= 0.6 is 0 Å². The summed E-state index contributed by atoms with van der Waals surface area (Å²) in [7, 11) is 0. The third-order valence-electron chi connectivity index (χ3n) is 6.07. The Kier molecular flexibility index (Phi) is 7.82. The molecule has 1 N–H and O–H groups in total. The van der Waals surface area contributed by atoms with E-state index in [1.54, 1.807) is 48.8 Å². The number of pyridine rings is 1. The van der Waals surface area contributed by atoms with Crippen LogP contribution in [0.5, 0.6) is 0 Å². The number of carbonyl (C=O) groups is 2. The van der Waals surface area contributed by atoms with E-state index in [9.17, 15) is 14.0 Å². The van der Waals surface area contributed by atoms with Gasteiger partial charge in [0.05, 0.1) is 6.26 Å². The Morgan fingerprint density at radius 1 is 1.03 bits per heavy atom. The van der Waals surface area contributed by atoms with Crippen LogP contribution in [-0.2, 0) is 16.6 Å². The summed E-state index contributed by atoms with van der Waals surface area (Å²) in [6.07, 6.45) is 5.05. The van der Waals surface area contributed by atoms with Crippen LogP contribution in [0.15, 0.2) is 95.9 Å². The topological polar surface area (TPSA) is 75.4 Å². The van der Waals surface area contributed by atoms with Gasteiger partial charge in [0.2, 0.25) is 5.91 Å². The molecule has 0 aliphatic carbocycles. The number of carbonyl (C=O) groups excluding carboxylic acids is 2. The molecule has 0 spiro atoms. The average molecular weight is 500 g/mol. The first kappa shape index (κ1) is 25.8. The van der Waals surface area contributed by atoms with Gasteiger partial charge < -0.3 is 9.73 Å². The van der Waals surface area contributed by atoms with E-state index in [0.717, 1.165) is 11.1 Å². The molecule has 4 rings (SSSR count). The average Bonchev–Trinajstić information content (AvgIpc) is 3.42. The second kappa shape index (κ2) is 11.2. The molecule has 0 unspecified atom stereocenters. The number of halogens is 1. The van der Waals surface area contributed by atoms with E-state index in [1.807, 2.05) is 24.3 Å². The highest BCUT2D eigenvalue weighted by Crippen LogP contribution is 2.32.